The van der Waals surface area contributed by atoms with Gasteiger partial charge in [-0.1, -0.05) is 88.6 Å². The summed E-state index contributed by atoms with van der Waals surface area (Å²) in [5.74, 6) is -1.29. The van der Waals surface area contributed by atoms with Crippen molar-refractivity contribution in [1.82, 2.24) is 15.5 Å². The van der Waals surface area contributed by atoms with Gasteiger partial charge in [-0.25, -0.2) is 4.79 Å². The van der Waals surface area contributed by atoms with Gasteiger partial charge in [-0.05, 0) is 52.5 Å². The van der Waals surface area contributed by atoms with E-state index in [1.807, 2.05) is 31.2 Å². The summed E-state index contributed by atoms with van der Waals surface area (Å²) in [6.45, 7) is 12.2. The number of hydrogen-bond acceptors (Lipinski definition) is 5. The molecule has 0 aromatic heterocycles. The quantitative estimate of drug-likeness (QED) is 0.183. The van der Waals surface area contributed by atoms with Crippen molar-refractivity contribution in [2.24, 2.45) is 5.73 Å². The minimum absolute atomic E-state index is 0.000927. The molecule has 0 aliphatic carbocycles. The summed E-state index contributed by atoms with van der Waals surface area (Å²) in [5.41, 5.74) is 6.30. The Morgan fingerprint density at radius 3 is 2.20 bits per heavy atom. The Kier molecular flexibility index (Phi) is 16.7. The predicted molar refractivity (Wildman–Crippen MR) is 163 cm³/mol. The van der Waals surface area contributed by atoms with Gasteiger partial charge in [0.25, 0.3) is 0 Å². The maximum Gasteiger partial charge on any atom is 0.408 e. The zero-order valence-electron chi connectivity index (χ0n) is 26.2. The highest BCUT2D eigenvalue weighted by atomic mass is 16.6. The fraction of sp³-hybridized carbons (Fsp3) is 0.688. The average Bonchev–Trinajstić information content (AvgIpc) is 2.88. The largest absolute Gasteiger partial charge is 0.444 e. The van der Waals surface area contributed by atoms with Gasteiger partial charge in [0.2, 0.25) is 17.7 Å². The molecule has 9 heteroatoms. The second-order valence-electron chi connectivity index (χ2n) is 11.8. The molecule has 0 heterocycles. The third kappa shape index (κ3) is 14.9. The van der Waals surface area contributed by atoms with Crippen molar-refractivity contribution < 1.29 is 23.9 Å². The summed E-state index contributed by atoms with van der Waals surface area (Å²) >= 11 is 0. The molecule has 232 valence electrons. The fourth-order valence-corrected chi connectivity index (χ4v) is 4.62. The lowest BCUT2D eigenvalue weighted by atomic mass is 9.99. The molecular formula is C32H54N4O5. The predicted octanol–water partition coefficient (Wildman–Crippen LogP) is 5.69. The van der Waals surface area contributed by atoms with Crippen LogP contribution in [-0.2, 0) is 19.1 Å². The summed E-state index contributed by atoms with van der Waals surface area (Å²) < 4.78 is 5.41. The van der Waals surface area contributed by atoms with E-state index in [4.69, 9.17) is 10.5 Å². The lowest BCUT2D eigenvalue weighted by Crippen LogP contribution is -2.53. The summed E-state index contributed by atoms with van der Waals surface area (Å²) in [6.07, 6.45) is 8.05. The molecule has 0 saturated carbocycles. The first-order chi connectivity index (χ1) is 19.4. The van der Waals surface area contributed by atoms with Gasteiger partial charge < -0.3 is 26.0 Å². The number of carbonyl (C=O) groups excluding carboxylic acids is 4. The molecule has 4 amide bonds. The number of hydrogen-bond donors (Lipinski definition) is 3. The second kappa shape index (κ2) is 19.1. The topological polar surface area (TPSA) is 131 Å². The molecule has 0 bridgehead atoms. The van der Waals surface area contributed by atoms with Crippen LogP contribution in [0.3, 0.4) is 0 Å². The molecule has 41 heavy (non-hydrogen) atoms. The van der Waals surface area contributed by atoms with Crippen molar-refractivity contribution >= 4 is 23.8 Å². The number of carbonyl (C=O) groups is 4. The van der Waals surface area contributed by atoms with Crippen molar-refractivity contribution in [3.63, 3.8) is 0 Å². The van der Waals surface area contributed by atoms with Crippen LogP contribution in [0.4, 0.5) is 4.79 Å². The Hall–Kier alpha value is -3.10. The number of amides is 4. The van der Waals surface area contributed by atoms with Gasteiger partial charge in [-0.2, -0.15) is 0 Å². The van der Waals surface area contributed by atoms with Crippen LogP contribution in [-0.4, -0.2) is 53.4 Å². The van der Waals surface area contributed by atoms with Crippen LogP contribution in [0.25, 0.3) is 0 Å². The van der Waals surface area contributed by atoms with Crippen molar-refractivity contribution in [1.29, 1.82) is 0 Å². The molecule has 0 spiro atoms. The highest BCUT2D eigenvalue weighted by molar-refractivity contribution is 5.92. The number of benzene rings is 1. The molecule has 0 aliphatic heterocycles. The molecule has 0 aliphatic rings. The lowest BCUT2D eigenvalue weighted by molar-refractivity contribution is -0.142. The fourth-order valence-electron chi connectivity index (χ4n) is 4.62. The van der Waals surface area contributed by atoms with E-state index in [2.05, 4.69) is 24.5 Å². The number of primary amides is 1. The Morgan fingerprint density at radius 1 is 0.951 bits per heavy atom. The number of nitrogens with zero attached hydrogens (tertiary/aromatic N) is 1. The van der Waals surface area contributed by atoms with E-state index >= 15 is 0 Å². The van der Waals surface area contributed by atoms with Gasteiger partial charge in [0.05, 0.1) is 0 Å². The normalized spacial score (nSPS) is 12.7. The van der Waals surface area contributed by atoms with Crippen LogP contribution in [0.2, 0.25) is 0 Å². The summed E-state index contributed by atoms with van der Waals surface area (Å²) in [5, 5.41) is 5.68. The van der Waals surface area contributed by atoms with E-state index in [0.717, 1.165) is 56.9 Å². The zero-order chi connectivity index (χ0) is 30.8. The molecule has 1 rings (SSSR count). The molecule has 1 aromatic carbocycles. The Balaban J connectivity index is 3.42. The van der Waals surface area contributed by atoms with Crippen molar-refractivity contribution in [2.75, 3.05) is 13.1 Å². The Labute approximate surface area is 247 Å². The number of rotatable bonds is 19. The number of nitrogens with two attached hydrogens (primary N) is 1. The minimum atomic E-state index is -1.09. The SMILES string of the molecule is CCCCCCCCN(C(=O)C(CCC(N)=O)NC(=O)OC(C)(C)C)C(C(=O)NCCCCC)c1cccc(C)c1. The first-order valence-corrected chi connectivity index (χ1v) is 15.3. The van der Waals surface area contributed by atoms with Gasteiger partial charge in [0, 0.05) is 19.5 Å². The third-order valence-corrected chi connectivity index (χ3v) is 6.70. The number of unbranched alkanes of at least 4 members (excludes halogenated alkanes) is 7. The highest BCUT2D eigenvalue weighted by Crippen LogP contribution is 2.25. The number of alkyl carbamates (subject to hydrolysis) is 1. The van der Waals surface area contributed by atoms with Crippen LogP contribution >= 0.6 is 0 Å². The summed E-state index contributed by atoms with van der Waals surface area (Å²) in [7, 11) is 0. The number of ether oxygens (including phenoxy) is 1. The van der Waals surface area contributed by atoms with Gasteiger partial charge in [-0.15, -0.1) is 0 Å². The maximum absolute atomic E-state index is 14.2. The van der Waals surface area contributed by atoms with Crippen LogP contribution in [0.1, 0.15) is 122 Å². The molecule has 0 saturated heterocycles. The molecule has 2 atom stereocenters. The maximum atomic E-state index is 14.2. The number of nitrogens with one attached hydrogen (secondary N) is 2. The molecule has 4 N–H and O–H groups in total. The zero-order valence-corrected chi connectivity index (χ0v) is 26.2. The van der Waals surface area contributed by atoms with Gasteiger partial charge in [0.1, 0.15) is 17.7 Å². The van der Waals surface area contributed by atoms with Crippen molar-refractivity contribution in [2.45, 2.75) is 130 Å². The van der Waals surface area contributed by atoms with Crippen LogP contribution in [0, 0.1) is 6.92 Å². The lowest BCUT2D eigenvalue weighted by Gasteiger charge is -2.34. The van der Waals surface area contributed by atoms with Crippen molar-refractivity contribution in [3.8, 4) is 0 Å². The third-order valence-electron chi connectivity index (χ3n) is 6.70. The number of aryl methyl sites for hydroxylation is 1. The Bertz CT molecular complexity index is 960. The average molecular weight is 575 g/mol. The standard InChI is InChI=1S/C32H54N4O5/c1-7-9-11-12-13-15-22-36(30(39)26(19-20-27(33)37)35-31(40)41-32(4,5)6)28(25-18-16-17-24(3)23-25)29(38)34-21-14-10-8-2/h16-18,23,26,28H,7-15,19-22H2,1-6H3,(H2,33,37)(H,34,38)(H,35,40). The molecule has 0 fully saturated rings. The molecular weight excluding hydrogens is 520 g/mol. The van der Waals surface area contributed by atoms with Gasteiger partial charge >= 0.3 is 6.09 Å². The summed E-state index contributed by atoms with van der Waals surface area (Å²) in [4.78, 5) is 53.9. The van der Waals surface area contributed by atoms with E-state index < -0.39 is 35.6 Å². The van der Waals surface area contributed by atoms with E-state index in [9.17, 15) is 19.2 Å². The summed E-state index contributed by atoms with van der Waals surface area (Å²) in [6, 6.07) is 5.61. The molecule has 1 aromatic rings. The van der Waals surface area contributed by atoms with E-state index in [-0.39, 0.29) is 18.7 Å². The van der Waals surface area contributed by atoms with Crippen molar-refractivity contribution in [3.05, 3.63) is 35.4 Å². The Morgan fingerprint density at radius 2 is 1.59 bits per heavy atom. The molecule has 2 unspecified atom stereocenters. The van der Waals surface area contributed by atoms with E-state index in [1.54, 1.807) is 25.7 Å². The monoisotopic (exact) mass is 574 g/mol. The first kappa shape index (κ1) is 35.9. The van der Waals surface area contributed by atoms with Gasteiger partial charge in [0.15, 0.2) is 0 Å². The van der Waals surface area contributed by atoms with Crippen LogP contribution in [0.15, 0.2) is 24.3 Å². The minimum Gasteiger partial charge on any atom is -0.444 e. The first-order valence-electron chi connectivity index (χ1n) is 15.3. The second-order valence-corrected chi connectivity index (χ2v) is 11.8. The molecule has 0 radical (unpaired) electrons. The van der Waals surface area contributed by atoms with Crippen LogP contribution < -0.4 is 16.4 Å². The molecule has 9 nitrogen and oxygen atoms in total. The van der Waals surface area contributed by atoms with Crippen LogP contribution in [0.5, 0.6) is 0 Å². The highest BCUT2D eigenvalue weighted by Gasteiger charge is 2.36. The van der Waals surface area contributed by atoms with Gasteiger partial charge in [-0.3, -0.25) is 14.4 Å². The smallest absolute Gasteiger partial charge is 0.408 e. The van der Waals surface area contributed by atoms with E-state index in [1.165, 1.54) is 0 Å². The van der Waals surface area contributed by atoms with E-state index in [0.29, 0.717) is 25.1 Å².